The second kappa shape index (κ2) is 10.4. The Morgan fingerprint density at radius 2 is 1.87 bits per heavy atom. The first-order valence-electron chi connectivity index (χ1n) is 9.37. The average Bonchev–Trinajstić information content (AvgIpc) is 3.22. The third kappa shape index (κ3) is 6.28. The van der Waals surface area contributed by atoms with Crippen molar-refractivity contribution in [2.24, 2.45) is 0 Å². The second-order valence-corrected chi connectivity index (χ2v) is 6.71. The van der Waals surface area contributed by atoms with Crippen LogP contribution in [0.15, 0.2) is 59.1 Å². The van der Waals surface area contributed by atoms with Gasteiger partial charge in [-0.15, -0.1) is 0 Å². The maximum absolute atomic E-state index is 12.2. The molecule has 0 radical (unpaired) electrons. The number of hydrogen-bond donors (Lipinski definition) is 1. The maximum atomic E-state index is 12.2. The third-order valence-electron chi connectivity index (χ3n) is 4.03. The number of carbonyl (C=O) groups excluding carboxylic acids is 2. The first kappa shape index (κ1) is 21.3. The molecule has 0 aliphatic heterocycles. The van der Waals surface area contributed by atoms with Gasteiger partial charge in [0.2, 0.25) is 17.6 Å². The summed E-state index contributed by atoms with van der Waals surface area (Å²) < 4.78 is 10.0. The van der Waals surface area contributed by atoms with E-state index in [4.69, 9.17) is 20.9 Å². The number of ether oxygens (including phenoxy) is 1. The summed E-state index contributed by atoms with van der Waals surface area (Å²) in [6, 6.07) is 14.2. The number of carbonyl (C=O) groups is 2. The van der Waals surface area contributed by atoms with Gasteiger partial charge in [0.05, 0.1) is 6.61 Å². The van der Waals surface area contributed by atoms with Crippen LogP contribution in [0.3, 0.4) is 0 Å². The number of aryl methyl sites for hydroxylation is 1. The van der Waals surface area contributed by atoms with Crippen molar-refractivity contribution in [3.05, 3.63) is 71.1 Å². The minimum Gasteiger partial charge on any atom is -0.463 e. The zero-order chi connectivity index (χ0) is 21.3. The van der Waals surface area contributed by atoms with E-state index in [1.807, 2.05) is 0 Å². The molecular formula is C22H20ClN3O4. The van der Waals surface area contributed by atoms with Crippen LogP contribution in [0.2, 0.25) is 5.02 Å². The number of anilines is 1. The molecule has 0 aliphatic rings. The highest BCUT2D eigenvalue weighted by atomic mass is 35.5. The summed E-state index contributed by atoms with van der Waals surface area (Å²) in [7, 11) is 0. The van der Waals surface area contributed by atoms with Crippen molar-refractivity contribution in [1.29, 1.82) is 0 Å². The van der Waals surface area contributed by atoms with Crippen LogP contribution in [0.25, 0.3) is 17.5 Å². The Morgan fingerprint density at radius 3 is 2.57 bits per heavy atom. The molecule has 30 heavy (non-hydrogen) atoms. The van der Waals surface area contributed by atoms with Crippen LogP contribution in [0.1, 0.15) is 24.8 Å². The van der Waals surface area contributed by atoms with Crippen molar-refractivity contribution in [3.8, 4) is 11.4 Å². The quantitative estimate of drug-likeness (QED) is 0.420. The van der Waals surface area contributed by atoms with Gasteiger partial charge >= 0.3 is 5.97 Å². The summed E-state index contributed by atoms with van der Waals surface area (Å²) in [6.07, 6.45) is 3.54. The van der Waals surface area contributed by atoms with Gasteiger partial charge in [-0.2, -0.15) is 4.98 Å². The van der Waals surface area contributed by atoms with Crippen molar-refractivity contribution < 1.29 is 18.8 Å². The molecule has 0 aliphatic carbocycles. The van der Waals surface area contributed by atoms with E-state index in [0.29, 0.717) is 35.5 Å². The summed E-state index contributed by atoms with van der Waals surface area (Å²) in [5.41, 5.74) is 2.26. The van der Waals surface area contributed by atoms with Crippen LogP contribution >= 0.6 is 11.6 Å². The number of rotatable bonds is 8. The third-order valence-corrected chi connectivity index (χ3v) is 4.28. The molecule has 3 aromatic rings. The predicted octanol–water partition coefficient (Wildman–Crippen LogP) is 4.54. The van der Waals surface area contributed by atoms with E-state index in [1.165, 1.54) is 6.08 Å². The van der Waals surface area contributed by atoms with Crippen LogP contribution in [0.5, 0.6) is 0 Å². The predicted molar refractivity (Wildman–Crippen MR) is 114 cm³/mol. The largest absolute Gasteiger partial charge is 0.463 e. The highest BCUT2D eigenvalue weighted by Crippen LogP contribution is 2.19. The molecule has 1 N–H and O–H groups in total. The zero-order valence-corrected chi connectivity index (χ0v) is 17.1. The zero-order valence-electron chi connectivity index (χ0n) is 16.3. The van der Waals surface area contributed by atoms with Crippen molar-refractivity contribution in [1.82, 2.24) is 10.1 Å². The Labute approximate surface area is 178 Å². The summed E-state index contributed by atoms with van der Waals surface area (Å²) in [6.45, 7) is 2.08. The topological polar surface area (TPSA) is 94.3 Å². The van der Waals surface area contributed by atoms with Crippen LogP contribution in [0, 0.1) is 0 Å². The van der Waals surface area contributed by atoms with E-state index in [0.717, 1.165) is 11.1 Å². The number of amides is 1. The van der Waals surface area contributed by atoms with Gasteiger partial charge in [0.25, 0.3) is 0 Å². The van der Waals surface area contributed by atoms with Crippen LogP contribution < -0.4 is 5.32 Å². The minimum atomic E-state index is -0.393. The second-order valence-electron chi connectivity index (χ2n) is 6.27. The molecule has 0 spiro atoms. The molecule has 0 bridgehead atoms. The summed E-state index contributed by atoms with van der Waals surface area (Å²) in [5, 5.41) is 7.37. The Balaban J connectivity index is 1.49. The van der Waals surface area contributed by atoms with Gasteiger partial charge in [-0.1, -0.05) is 28.9 Å². The SMILES string of the molecule is CCOC(=O)/C=C/c1ccc(NC(=O)CCc2nc(-c3ccc(Cl)cc3)no2)cc1. The van der Waals surface area contributed by atoms with Gasteiger partial charge in [-0.25, -0.2) is 4.79 Å². The van der Waals surface area contributed by atoms with Crippen molar-refractivity contribution in [2.45, 2.75) is 19.8 Å². The lowest BCUT2D eigenvalue weighted by atomic mass is 10.2. The lowest BCUT2D eigenvalue weighted by molar-refractivity contribution is -0.137. The highest BCUT2D eigenvalue weighted by molar-refractivity contribution is 6.30. The number of aromatic nitrogens is 2. The fourth-order valence-electron chi connectivity index (χ4n) is 2.55. The molecule has 1 amide bonds. The number of nitrogens with zero attached hydrogens (tertiary/aromatic N) is 2. The summed E-state index contributed by atoms with van der Waals surface area (Å²) >= 11 is 5.87. The molecule has 7 nitrogen and oxygen atoms in total. The van der Waals surface area contributed by atoms with E-state index in [9.17, 15) is 9.59 Å². The van der Waals surface area contributed by atoms with Crippen LogP contribution in [-0.2, 0) is 20.7 Å². The lowest BCUT2D eigenvalue weighted by Gasteiger charge is -2.04. The van der Waals surface area contributed by atoms with Gasteiger partial charge in [0, 0.05) is 35.2 Å². The molecule has 154 valence electrons. The number of halogens is 1. The number of hydrogen-bond acceptors (Lipinski definition) is 6. The van der Waals surface area contributed by atoms with E-state index < -0.39 is 5.97 Å². The van der Waals surface area contributed by atoms with Gasteiger partial charge in [0.1, 0.15) is 0 Å². The van der Waals surface area contributed by atoms with Crippen molar-refractivity contribution in [2.75, 3.05) is 11.9 Å². The normalized spacial score (nSPS) is 10.9. The molecule has 2 aromatic carbocycles. The van der Waals surface area contributed by atoms with Crippen LogP contribution in [-0.4, -0.2) is 28.6 Å². The van der Waals surface area contributed by atoms with E-state index >= 15 is 0 Å². The smallest absolute Gasteiger partial charge is 0.330 e. The fourth-order valence-corrected chi connectivity index (χ4v) is 2.67. The maximum Gasteiger partial charge on any atom is 0.330 e. The van der Waals surface area contributed by atoms with E-state index in [1.54, 1.807) is 61.5 Å². The average molecular weight is 426 g/mol. The Morgan fingerprint density at radius 1 is 1.13 bits per heavy atom. The van der Waals surface area contributed by atoms with Crippen LogP contribution in [0.4, 0.5) is 5.69 Å². The Hall–Kier alpha value is -3.45. The molecule has 0 saturated carbocycles. The molecule has 8 heteroatoms. The Kier molecular flexibility index (Phi) is 7.34. The number of esters is 1. The molecule has 0 atom stereocenters. The summed E-state index contributed by atoms with van der Waals surface area (Å²) in [4.78, 5) is 27.8. The van der Waals surface area contributed by atoms with Gasteiger partial charge in [-0.05, 0) is 55.0 Å². The monoisotopic (exact) mass is 425 g/mol. The molecule has 0 unspecified atom stereocenters. The molecule has 1 aromatic heterocycles. The molecule has 0 fully saturated rings. The molecule has 3 rings (SSSR count). The fraction of sp³-hybridized carbons (Fsp3) is 0.182. The van der Waals surface area contributed by atoms with Gasteiger partial charge < -0.3 is 14.6 Å². The summed E-state index contributed by atoms with van der Waals surface area (Å²) in [5.74, 6) is 0.272. The first-order chi connectivity index (χ1) is 14.5. The van der Waals surface area contributed by atoms with E-state index in [-0.39, 0.29) is 12.3 Å². The molecule has 0 saturated heterocycles. The Bertz CT molecular complexity index is 1030. The highest BCUT2D eigenvalue weighted by Gasteiger charge is 2.11. The van der Waals surface area contributed by atoms with Gasteiger partial charge in [0.15, 0.2) is 0 Å². The van der Waals surface area contributed by atoms with Gasteiger partial charge in [-0.3, -0.25) is 4.79 Å². The first-order valence-corrected chi connectivity index (χ1v) is 9.74. The molecule has 1 heterocycles. The molecular weight excluding hydrogens is 406 g/mol. The lowest BCUT2D eigenvalue weighted by Crippen LogP contribution is -2.12. The standard InChI is InChI=1S/C22H20ClN3O4/c1-2-29-21(28)14-5-15-3-10-18(11-4-15)24-19(27)12-13-20-25-22(26-30-20)16-6-8-17(23)9-7-16/h3-11,14H,2,12-13H2,1H3,(H,24,27)/b14-5+. The van der Waals surface area contributed by atoms with E-state index in [2.05, 4.69) is 15.5 Å². The van der Waals surface area contributed by atoms with Crippen molar-refractivity contribution >= 4 is 35.2 Å². The number of nitrogens with one attached hydrogen (secondary N) is 1. The van der Waals surface area contributed by atoms with Crippen molar-refractivity contribution in [3.63, 3.8) is 0 Å². The minimum absolute atomic E-state index is 0.170. The number of benzene rings is 2.